The van der Waals surface area contributed by atoms with Crippen molar-refractivity contribution in [3.63, 3.8) is 0 Å². The molecule has 154 valence electrons. The Labute approximate surface area is 171 Å². The summed E-state index contributed by atoms with van der Waals surface area (Å²) in [7, 11) is -3.91. The van der Waals surface area contributed by atoms with Crippen molar-refractivity contribution in [1.29, 1.82) is 0 Å². The summed E-state index contributed by atoms with van der Waals surface area (Å²) >= 11 is 0. The van der Waals surface area contributed by atoms with E-state index >= 15 is 0 Å². The first kappa shape index (κ1) is 21.0. The smallest absolute Gasteiger partial charge is 0.241 e. The Bertz CT molecular complexity index is 955. The average molecular weight is 416 g/mol. The SMILES string of the molecule is CCC(=O)Nc1ccc(S(=O)(=O)NC(Cc2ccccc2)C(=O)NC2CC2)cc1. The van der Waals surface area contributed by atoms with Crippen LogP contribution in [0.15, 0.2) is 59.5 Å². The Hall–Kier alpha value is -2.71. The molecule has 2 aromatic rings. The zero-order chi connectivity index (χ0) is 20.9. The maximum atomic E-state index is 12.8. The lowest BCUT2D eigenvalue weighted by molar-refractivity contribution is -0.122. The van der Waals surface area contributed by atoms with Crippen LogP contribution in [0.2, 0.25) is 0 Å². The molecule has 2 aromatic carbocycles. The van der Waals surface area contributed by atoms with Crippen molar-refractivity contribution >= 4 is 27.5 Å². The molecule has 1 atom stereocenters. The van der Waals surface area contributed by atoms with Gasteiger partial charge in [0.2, 0.25) is 21.8 Å². The van der Waals surface area contributed by atoms with E-state index in [0.29, 0.717) is 12.1 Å². The largest absolute Gasteiger partial charge is 0.352 e. The minimum atomic E-state index is -3.91. The van der Waals surface area contributed by atoms with Gasteiger partial charge in [-0.25, -0.2) is 8.42 Å². The fourth-order valence-electron chi connectivity index (χ4n) is 2.79. The van der Waals surface area contributed by atoms with Gasteiger partial charge in [0.25, 0.3) is 0 Å². The molecule has 3 N–H and O–H groups in total. The summed E-state index contributed by atoms with van der Waals surface area (Å²) < 4.78 is 28.2. The Kier molecular flexibility index (Phi) is 6.66. The van der Waals surface area contributed by atoms with Crippen molar-refractivity contribution in [2.24, 2.45) is 0 Å². The minimum Gasteiger partial charge on any atom is -0.352 e. The van der Waals surface area contributed by atoms with E-state index in [1.54, 1.807) is 6.92 Å². The lowest BCUT2D eigenvalue weighted by Crippen LogP contribution is -2.48. The topological polar surface area (TPSA) is 104 Å². The lowest BCUT2D eigenvalue weighted by atomic mass is 10.1. The number of amides is 2. The lowest BCUT2D eigenvalue weighted by Gasteiger charge is -2.19. The third kappa shape index (κ3) is 6.13. The zero-order valence-corrected chi connectivity index (χ0v) is 17.0. The van der Waals surface area contributed by atoms with Crippen molar-refractivity contribution in [1.82, 2.24) is 10.0 Å². The monoisotopic (exact) mass is 415 g/mol. The van der Waals surface area contributed by atoms with Crippen molar-refractivity contribution in [2.45, 2.75) is 49.6 Å². The van der Waals surface area contributed by atoms with Gasteiger partial charge in [0.15, 0.2) is 0 Å². The molecular formula is C21H25N3O4S. The Morgan fingerprint density at radius 2 is 1.69 bits per heavy atom. The predicted molar refractivity (Wildman–Crippen MR) is 111 cm³/mol. The Morgan fingerprint density at radius 3 is 2.28 bits per heavy atom. The summed E-state index contributed by atoms with van der Waals surface area (Å²) in [6.45, 7) is 1.73. The van der Waals surface area contributed by atoms with E-state index in [4.69, 9.17) is 0 Å². The predicted octanol–water partition coefficient (Wildman–Crippen LogP) is 2.20. The molecule has 0 radical (unpaired) electrons. The quantitative estimate of drug-likeness (QED) is 0.584. The van der Waals surface area contributed by atoms with Crippen LogP contribution in [-0.2, 0) is 26.0 Å². The molecule has 0 saturated heterocycles. The summed E-state index contributed by atoms with van der Waals surface area (Å²) in [5.41, 5.74) is 1.38. The fraction of sp³-hybridized carbons (Fsp3) is 0.333. The molecule has 1 aliphatic carbocycles. The van der Waals surface area contributed by atoms with Crippen molar-refractivity contribution in [3.8, 4) is 0 Å². The van der Waals surface area contributed by atoms with Gasteiger partial charge in [-0.1, -0.05) is 37.3 Å². The van der Waals surface area contributed by atoms with Crippen molar-refractivity contribution in [2.75, 3.05) is 5.32 Å². The van der Waals surface area contributed by atoms with Crippen LogP contribution in [0.5, 0.6) is 0 Å². The zero-order valence-electron chi connectivity index (χ0n) is 16.2. The van der Waals surface area contributed by atoms with Gasteiger partial charge in [-0.05, 0) is 49.1 Å². The summed E-state index contributed by atoms with van der Waals surface area (Å²) in [4.78, 5) is 24.1. The van der Waals surface area contributed by atoms with E-state index < -0.39 is 16.1 Å². The summed E-state index contributed by atoms with van der Waals surface area (Å²) in [5, 5.41) is 5.54. The van der Waals surface area contributed by atoms with Gasteiger partial charge in [-0.2, -0.15) is 4.72 Å². The number of hydrogen-bond acceptors (Lipinski definition) is 4. The third-order valence-electron chi connectivity index (χ3n) is 4.59. The molecule has 8 heteroatoms. The van der Waals surface area contributed by atoms with Crippen molar-refractivity contribution in [3.05, 3.63) is 60.2 Å². The number of carbonyl (C=O) groups excluding carboxylic acids is 2. The molecule has 1 aliphatic rings. The molecule has 0 bridgehead atoms. The van der Waals surface area contributed by atoms with Crippen LogP contribution in [0.3, 0.4) is 0 Å². The second-order valence-electron chi connectivity index (χ2n) is 7.07. The minimum absolute atomic E-state index is 0.0317. The van der Waals surface area contributed by atoms with E-state index in [0.717, 1.165) is 18.4 Å². The van der Waals surface area contributed by atoms with E-state index in [1.165, 1.54) is 24.3 Å². The van der Waals surface area contributed by atoms with E-state index in [-0.39, 0.29) is 29.2 Å². The van der Waals surface area contributed by atoms with Crippen LogP contribution in [0.1, 0.15) is 31.7 Å². The van der Waals surface area contributed by atoms with Crippen LogP contribution in [0.4, 0.5) is 5.69 Å². The summed E-state index contributed by atoms with van der Waals surface area (Å²) in [6.07, 6.45) is 2.42. The third-order valence-corrected chi connectivity index (χ3v) is 6.08. The molecule has 1 saturated carbocycles. The van der Waals surface area contributed by atoms with Gasteiger partial charge < -0.3 is 10.6 Å². The highest BCUT2D eigenvalue weighted by Gasteiger charge is 2.30. The number of carbonyl (C=O) groups is 2. The number of sulfonamides is 1. The Balaban J connectivity index is 1.75. The number of benzene rings is 2. The second-order valence-corrected chi connectivity index (χ2v) is 8.79. The number of rotatable bonds is 9. The molecule has 0 spiro atoms. The highest BCUT2D eigenvalue weighted by atomic mass is 32.2. The molecule has 7 nitrogen and oxygen atoms in total. The molecule has 0 heterocycles. The fourth-order valence-corrected chi connectivity index (χ4v) is 3.98. The van der Waals surface area contributed by atoms with Gasteiger partial charge >= 0.3 is 0 Å². The first-order chi connectivity index (χ1) is 13.9. The number of anilines is 1. The molecule has 2 amide bonds. The van der Waals surface area contributed by atoms with Crippen LogP contribution < -0.4 is 15.4 Å². The Morgan fingerprint density at radius 1 is 1.03 bits per heavy atom. The van der Waals surface area contributed by atoms with Crippen LogP contribution >= 0.6 is 0 Å². The van der Waals surface area contributed by atoms with E-state index in [1.807, 2.05) is 30.3 Å². The molecule has 3 rings (SSSR count). The van der Waals surface area contributed by atoms with Gasteiger partial charge in [0.05, 0.1) is 4.90 Å². The average Bonchev–Trinajstić information content (AvgIpc) is 3.52. The second kappa shape index (κ2) is 9.19. The normalized spacial score (nSPS) is 14.8. The van der Waals surface area contributed by atoms with Gasteiger partial charge in [-0.15, -0.1) is 0 Å². The van der Waals surface area contributed by atoms with Gasteiger partial charge in [0.1, 0.15) is 6.04 Å². The van der Waals surface area contributed by atoms with Crippen LogP contribution in [0.25, 0.3) is 0 Å². The maximum Gasteiger partial charge on any atom is 0.241 e. The molecular weight excluding hydrogens is 390 g/mol. The molecule has 0 aliphatic heterocycles. The summed E-state index contributed by atoms with van der Waals surface area (Å²) in [5.74, 6) is -0.481. The first-order valence-electron chi connectivity index (χ1n) is 9.64. The molecule has 1 unspecified atom stereocenters. The highest BCUT2D eigenvalue weighted by molar-refractivity contribution is 7.89. The van der Waals surface area contributed by atoms with Gasteiger partial charge in [-0.3, -0.25) is 9.59 Å². The number of hydrogen-bond donors (Lipinski definition) is 3. The standard InChI is InChI=1S/C21H25N3O4S/c1-2-20(25)22-16-10-12-18(13-11-16)29(27,28)24-19(21(26)23-17-8-9-17)14-15-6-4-3-5-7-15/h3-7,10-13,17,19,24H,2,8-9,14H2,1H3,(H,22,25)(H,23,26). The van der Waals surface area contributed by atoms with E-state index in [2.05, 4.69) is 15.4 Å². The number of nitrogens with one attached hydrogen (secondary N) is 3. The van der Waals surface area contributed by atoms with Crippen molar-refractivity contribution < 1.29 is 18.0 Å². The molecule has 1 fully saturated rings. The maximum absolute atomic E-state index is 12.8. The van der Waals surface area contributed by atoms with E-state index in [9.17, 15) is 18.0 Å². The molecule has 0 aromatic heterocycles. The molecule has 29 heavy (non-hydrogen) atoms. The highest BCUT2D eigenvalue weighted by Crippen LogP contribution is 2.20. The van der Waals surface area contributed by atoms with Crippen LogP contribution in [-0.4, -0.2) is 32.3 Å². The summed E-state index contributed by atoms with van der Waals surface area (Å²) in [6, 6.07) is 14.4. The van der Waals surface area contributed by atoms with Crippen LogP contribution in [0, 0.1) is 0 Å². The van der Waals surface area contributed by atoms with Gasteiger partial charge in [0, 0.05) is 18.2 Å². The first-order valence-corrected chi connectivity index (χ1v) is 11.1.